The molecule has 2 unspecified atom stereocenters. The Morgan fingerprint density at radius 1 is 0.852 bits per heavy atom. The number of phenols is 1. The van der Waals surface area contributed by atoms with Crippen molar-refractivity contribution in [2.75, 3.05) is 10.6 Å². The highest BCUT2D eigenvalue weighted by atomic mass is 16.3. The molecule has 1 aromatic carbocycles. The lowest BCUT2D eigenvalue weighted by molar-refractivity contribution is -0.132. The number of aromatic hydroxyl groups is 1. The number of ketones is 2. The van der Waals surface area contributed by atoms with Crippen LogP contribution in [0.3, 0.4) is 0 Å². The number of nitrogens with one attached hydrogen (secondary N) is 2. The lowest BCUT2D eigenvalue weighted by atomic mass is 10.0. The van der Waals surface area contributed by atoms with E-state index in [4.69, 9.17) is 0 Å². The number of phenolic OH excluding ortho intramolecular Hbond substituents is 1. The SMILES string of the molecule is CCCC(=O)C(C)C(=O)Nc1cccc(NC(=O)C(C)C(=O)CCC)c1O. The quantitative estimate of drug-likeness (QED) is 0.428. The second-order valence-electron chi connectivity index (χ2n) is 6.56. The fourth-order valence-electron chi connectivity index (χ4n) is 2.45. The van der Waals surface area contributed by atoms with Gasteiger partial charge in [0.1, 0.15) is 11.6 Å². The van der Waals surface area contributed by atoms with Crippen LogP contribution in [0.15, 0.2) is 18.2 Å². The highest BCUT2D eigenvalue weighted by Gasteiger charge is 2.24. The number of Topliss-reactive ketones (excluding diaryl/α,β-unsaturated/α-hetero) is 2. The molecule has 0 aromatic heterocycles. The van der Waals surface area contributed by atoms with Gasteiger partial charge in [0.05, 0.1) is 23.2 Å². The van der Waals surface area contributed by atoms with Gasteiger partial charge >= 0.3 is 0 Å². The minimum absolute atomic E-state index is 0.0847. The summed E-state index contributed by atoms with van der Waals surface area (Å²) < 4.78 is 0. The Bertz CT molecular complexity index is 658. The molecule has 0 saturated heterocycles. The summed E-state index contributed by atoms with van der Waals surface area (Å²) in [4.78, 5) is 48.1. The molecule has 0 saturated carbocycles. The van der Waals surface area contributed by atoms with Gasteiger partial charge < -0.3 is 15.7 Å². The van der Waals surface area contributed by atoms with Crippen molar-refractivity contribution in [2.24, 2.45) is 11.8 Å². The third kappa shape index (κ3) is 6.20. The van der Waals surface area contributed by atoms with Gasteiger partial charge in [0.25, 0.3) is 0 Å². The van der Waals surface area contributed by atoms with E-state index in [1.807, 2.05) is 13.8 Å². The maximum atomic E-state index is 12.2. The lowest BCUT2D eigenvalue weighted by Gasteiger charge is -2.16. The number of hydrogen-bond acceptors (Lipinski definition) is 5. The standard InChI is InChI=1S/C20H28N2O5/c1-5-8-16(23)12(3)19(26)21-14-10-7-11-15(18(14)25)22-20(27)13(4)17(24)9-6-2/h7,10-13,25H,5-6,8-9H2,1-4H3,(H,21,26)(H,22,27). The number of anilines is 2. The first-order valence-electron chi connectivity index (χ1n) is 9.21. The van der Waals surface area contributed by atoms with Crippen molar-refractivity contribution < 1.29 is 24.3 Å². The monoisotopic (exact) mass is 376 g/mol. The van der Waals surface area contributed by atoms with E-state index in [2.05, 4.69) is 10.6 Å². The van der Waals surface area contributed by atoms with Crippen LogP contribution in [0, 0.1) is 11.8 Å². The van der Waals surface area contributed by atoms with E-state index >= 15 is 0 Å². The molecule has 0 aliphatic rings. The van der Waals surface area contributed by atoms with Crippen LogP contribution >= 0.6 is 0 Å². The summed E-state index contributed by atoms with van der Waals surface area (Å²) in [6.07, 6.45) is 1.91. The van der Waals surface area contributed by atoms with Crippen LogP contribution in [0.2, 0.25) is 0 Å². The van der Waals surface area contributed by atoms with Gasteiger partial charge in [0.15, 0.2) is 5.75 Å². The van der Waals surface area contributed by atoms with Crippen molar-refractivity contribution >= 4 is 34.8 Å². The van der Waals surface area contributed by atoms with Gasteiger partial charge in [-0.15, -0.1) is 0 Å². The number of hydrogen-bond donors (Lipinski definition) is 3. The van der Waals surface area contributed by atoms with E-state index in [0.29, 0.717) is 25.7 Å². The number of rotatable bonds is 10. The van der Waals surface area contributed by atoms with E-state index in [-0.39, 0.29) is 28.7 Å². The fourth-order valence-corrected chi connectivity index (χ4v) is 2.45. The second kappa shape index (κ2) is 10.4. The minimum atomic E-state index is -0.839. The van der Waals surface area contributed by atoms with Gasteiger partial charge in [-0.1, -0.05) is 19.9 Å². The first kappa shape index (κ1) is 22.3. The Balaban J connectivity index is 2.87. The summed E-state index contributed by atoms with van der Waals surface area (Å²) in [6, 6.07) is 4.47. The Morgan fingerprint density at radius 3 is 1.56 bits per heavy atom. The molecule has 27 heavy (non-hydrogen) atoms. The molecule has 0 aliphatic carbocycles. The third-order valence-electron chi connectivity index (χ3n) is 4.30. The Kier molecular flexibility index (Phi) is 8.65. The summed E-state index contributed by atoms with van der Waals surface area (Å²) in [5.41, 5.74) is 0.169. The predicted octanol–water partition coefficient (Wildman–Crippen LogP) is 3.28. The van der Waals surface area contributed by atoms with Gasteiger partial charge in [-0.3, -0.25) is 19.2 Å². The number of para-hydroxylation sites is 1. The Labute approximate surface area is 159 Å². The summed E-state index contributed by atoms with van der Waals surface area (Å²) in [7, 11) is 0. The van der Waals surface area contributed by atoms with Gasteiger partial charge in [-0.2, -0.15) is 0 Å². The zero-order valence-electron chi connectivity index (χ0n) is 16.3. The summed E-state index contributed by atoms with van der Waals surface area (Å²) in [6.45, 7) is 6.73. The van der Waals surface area contributed by atoms with Crippen LogP contribution in [0.1, 0.15) is 53.4 Å². The number of benzene rings is 1. The minimum Gasteiger partial charge on any atom is -0.504 e. The van der Waals surface area contributed by atoms with Crippen molar-refractivity contribution in [3.63, 3.8) is 0 Å². The Hall–Kier alpha value is -2.70. The van der Waals surface area contributed by atoms with Crippen molar-refractivity contribution in [1.82, 2.24) is 0 Å². The number of carbonyl (C=O) groups is 4. The fraction of sp³-hybridized carbons (Fsp3) is 0.500. The van der Waals surface area contributed by atoms with Crippen LogP contribution in [-0.4, -0.2) is 28.5 Å². The van der Waals surface area contributed by atoms with E-state index in [1.165, 1.54) is 26.0 Å². The molecule has 0 spiro atoms. The molecular weight excluding hydrogens is 348 g/mol. The number of carbonyl (C=O) groups excluding carboxylic acids is 4. The molecule has 0 fully saturated rings. The van der Waals surface area contributed by atoms with Crippen LogP contribution in [0.4, 0.5) is 11.4 Å². The van der Waals surface area contributed by atoms with E-state index in [1.54, 1.807) is 6.07 Å². The highest BCUT2D eigenvalue weighted by Crippen LogP contribution is 2.32. The maximum absolute atomic E-state index is 12.2. The summed E-state index contributed by atoms with van der Waals surface area (Å²) in [5, 5.41) is 15.3. The summed E-state index contributed by atoms with van der Waals surface area (Å²) >= 11 is 0. The largest absolute Gasteiger partial charge is 0.504 e. The van der Waals surface area contributed by atoms with E-state index in [9.17, 15) is 24.3 Å². The van der Waals surface area contributed by atoms with Gasteiger partial charge in [-0.05, 0) is 38.8 Å². The molecule has 7 heteroatoms. The molecular formula is C20H28N2O5. The molecule has 1 aromatic rings. The van der Waals surface area contributed by atoms with Crippen molar-refractivity contribution in [3.05, 3.63) is 18.2 Å². The molecule has 3 N–H and O–H groups in total. The smallest absolute Gasteiger partial charge is 0.234 e. The zero-order chi connectivity index (χ0) is 20.6. The average molecular weight is 376 g/mol. The van der Waals surface area contributed by atoms with E-state index < -0.39 is 23.7 Å². The summed E-state index contributed by atoms with van der Waals surface area (Å²) in [5.74, 6) is -3.42. The first-order valence-corrected chi connectivity index (χ1v) is 9.21. The van der Waals surface area contributed by atoms with Crippen LogP contribution in [-0.2, 0) is 19.2 Å². The van der Waals surface area contributed by atoms with Crippen LogP contribution in [0.25, 0.3) is 0 Å². The second-order valence-corrected chi connectivity index (χ2v) is 6.56. The van der Waals surface area contributed by atoms with Crippen molar-refractivity contribution in [1.29, 1.82) is 0 Å². The molecule has 0 heterocycles. The first-order chi connectivity index (χ1) is 12.7. The topological polar surface area (TPSA) is 113 Å². The van der Waals surface area contributed by atoms with Gasteiger partial charge in [0.2, 0.25) is 11.8 Å². The molecule has 1 rings (SSSR count). The Morgan fingerprint density at radius 2 is 1.22 bits per heavy atom. The molecule has 2 amide bonds. The molecule has 0 bridgehead atoms. The third-order valence-corrected chi connectivity index (χ3v) is 4.30. The van der Waals surface area contributed by atoms with Crippen molar-refractivity contribution in [3.8, 4) is 5.75 Å². The highest BCUT2D eigenvalue weighted by molar-refractivity contribution is 6.09. The molecule has 7 nitrogen and oxygen atoms in total. The normalized spacial score (nSPS) is 12.7. The lowest BCUT2D eigenvalue weighted by Crippen LogP contribution is -2.28. The molecule has 0 radical (unpaired) electrons. The predicted molar refractivity (Wildman–Crippen MR) is 104 cm³/mol. The molecule has 0 aliphatic heterocycles. The molecule has 148 valence electrons. The van der Waals surface area contributed by atoms with Crippen molar-refractivity contribution in [2.45, 2.75) is 53.4 Å². The van der Waals surface area contributed by atoms with Crippen LogP contribution in [0.5, 0.6) is 5.75 Å². The maximum Gasteiger partial charge on any atom is 0.234 e. The molecule has 2 atom stereocenters. The van der Waals surface area contributed by atoms with Gasteiger partial charge in [-0.25, -0.2) is 0 Å². The number of amides is 2. The van der Waals surface area contributed by atoms with Gasteiger partial charge in [0, 0.05) is 12.8 Å². The zero-order valence-corrected chi connectivity index (χ0v) is 16.3. The van der Waals surface area contributed by atoms with E-state index in [0.717, 1.165) is 0 Å². The van der Waals surface area contributed by atoms with Crippen LogP contribution < -0.4 is 10.6 Å². The average Bonchev–Trinajstić information content (AvgIpc) is 2.63.